The number of rotatable bonds is 0. The van der Waals surface area contributed by atoms with Gasteiger partial charge in [0.25, 0.3) is 0 Å². The number of carbonyl (C=O) groups is 1. The molecule has 0 unspecified atom stereocenters. The summed E-state index contributed by atoms with van der Waals surface area (Å²) < 4.78 is 0. The van der Waals surface area contributed by atoms with Gasteiger partial charge in [0.15, 0.2) is 0 Å². The van der Waals surface area contributed by atoms with Crippen LogP contribution in [0.15, 0.2) is 29.8 Å². The number of phenolic OH excluding ortho intramolecular Hbond substituents is 1. The highest BCUT2D eigenvalue weighted by atomic mass is 35.5. The predicted molar refractivity (Wildman–Crippen MR) is 78.6 cm³/mol. The molecule has 2 aliphatic rings. The van der Waals surface area contributed by atoms with Gasteiger partial charge in [-0.2, -0.15) is 0 Å². The van der Waals surface area contributed by atoms with E-state index in [2.05, 4.69) is 4.98 Å². The number of carbonyl (C=O) groups excluding carboxylic acids is 1. The maximum absolute atomic E-state index is 11.5. The van der Waals surface area contributed by atoms with E-state index < -0.39 is 0 Å². The lowest BCUT2D eigenvalue weighted by Gasteiger charge is -2.12. The first-order valence-corrected chi connectivity index (χ1v) is 6.76. The lowest BCUT2D eigenvalue weighted by atomic mass is 9.94. The van der Waals surface area contributed by atoms with Crippen LogP contribution in [0.4, 0.5) is 0 Å². The first-order valence-electron chi connectivity index (χ1n) is 6.39. The van der Waals surface area contributed by atoms with Gasteiger partial charge in [-0.1, -0.05) is 17.7 Å². The number of phenols is 1. The van der Waals surface area contributed by atoms with Gasteiger partial charge < -0.3 is 5.11 Å². The van der Waals surface area contributed by atoms with Crippen molar-refractivity contribution in [2.75, 3.05) is 0 Å². The highest BCUT2D eigenvalue weighted by Gasteiger charge is 2.27. The normalized spacial score (nSPS) is 16.8. The van der Waals surface area contributed by atoms with Crippen LogP contribution in [0.5, 0.6) is 5.75 Å². The number of Topliss-reactive ketones (excluding diaryl/α,β-unsaturated/α-hetero) is 1. The number of fused-ring (bicyclic) bond motifs is 4. The Morgan fingerprint density at radius 1 is 1.30 bits per heavy atom. The summed E-state index contributed by atoms with van der Waals surface area (Å²) >= 11 is 6.45. The van der Waals surface area contributed by atoms with Crippen molar-refractivity contribution in [1.29, 1.82) is 0 Å². The molecule has 98 valence electrons. The number of benzene rings is 1. The highest BCUT2D eigenvalue weighted by molar-refractivity contribution is 6.37. The lowest BCUT2D eigenvalue weighted by molar-refractivity contribution is -0.117. The quantitative estimate of drug-likeness (QED) is 0.801. The SMILES string of the molecule is O=C1CC=C2C(=Cc3c2nc2ccc(O)cc2c3Cl)C1. The van der Waals surface area contributed by atoms with E-state index >= 15 is 0 Å². The van der Waals surface area contributed by atoms with Gasteiger partial charge in [-0.25, -0.2) is 4.98 Å². The van der Waals surface area contributed by atoms with E-state index in [1.165, 1.54) is 0 Å². The Morgan fingerprint density at radius 2 is 2.15 bits per heavy atom. The van der Waals surface area contributed by atoms with E-state index in [9.17, 15) is 9.90 Å². The van der Waals surface area contributed by atoms with Gasteiger partial charge in [-0.3, -0.25) is 4.79 Å². The number of aromatic nitrogens is 1. The van der Waals surface area contributed by atoms with Crippen LogP contribution in [0.2, 0.25) is 5.02 Å². The molecule has 1 N–H and O–H groups in total. The van der Waals surface area contributed by atoms with Crippen molar-refractivity contribution >= 4 is 39.9 Å². The van der Waals surface area contributed by atoms with Gasteiger partial charge in [-0.05, 0) is 29.8 Å². The van der Waals surface area contributed by atoms with Crippen molar-refractivity contribution in [3.63, 3.8) is 0 Å². The average Bonchev–Trinajstić information content (AvgIpc) is 2.78. The van der Waals surface area contributed by atoms with E-state index in [1.54, 1.807) is 18.2 Å². The van der Waals surface area contributed by atoms with Crippen LogP contribution in [0.3, 0.4) is 0 Å². The van der Waals surface area contributed by atoms with Crippen LogP contribution in [-0.2, 0) is 4.79 Å². The molecule has 2 aliphatic carbocycles. The van der Waals surface area contributed by atoms with E-state index in [4.69, 9.17) is 11.6 Å². The van der Waals surface area contributed by atoms with Crippen LogP contribution in [0, 0.1) is 0 Å². The molecule has 0 radical (unpaired) electrons. The molecule has 4 rings (SSSR count). The van der Waals surface area contributed by atoms with Gasteiger partial charge in [0, 0.05) is 29.4 Å². The second kappa shape index (κ2) is 3.93. The molecule has 0 saturated heterocycles. The van der Waals surface area contributed by atoms with Gasteiger partial charge in [0.1, 0.15) is 11.5 Å². The monoisotopic (exact) mass is 283 g/mol. The minimum atomic E-state index is 0.165. The molecule has 0 aliphatic heterocycles. The summed E-state index contributed by atoms with van der Waals surface area (Å²) in [7, 11) is 0. The number of allylic oxidation sites excluding steroid dienone is 3. The number of aromatic hydroxyl groups is 1. The largest absolute Gasteiger partial charge is 0.508 e. The molecule has 3 nitrogen and oxygen atoms in total. The molecule has 1 aromatic heterocycles. The standard InChI is InChI=1S/C16H10ClNO2/c17-15-12-7-10(20)2-4-14(12)18-16-11-3-1-9(19)5-8(11)6-13(15)16/h2-4,6-7,20H,1,5H2. The van der Waals surface area contributed by atoms with Crippen molar-refractivity contribution in [2.24, 2.45) is 0 Å². The van der Waals surface area contributed by atoms with Gasteiger partial charge in [-0.15, -0.1) is 0 Å². The fourth-order valence-electron chi connectivity index (χ4n) is 2.84. The predicted octanol–water partition coefficient (Wildman–Crippen LogP) is 3.74. The van der Waals surface area contributed by atoms with Crippen LogP contribution < -0.4 is 0 Å². The number of halogens is 1. The average molecular weight is 284 g/mol. The first kappa shape index (κ1) is 11.7. The third-order valence-electron chi connectivity index (χ3n) is 3.78. The van der Waals surface area contributed by atoms with Crippen LogP contribution >= 0.6 is 11.6 Å². The summed E-state index contributed by atoms with van der Waals surface area (Å²) in [6.07, 6.45) is 4.77. The molecule has 1 aromatic carbocycles. The first-order chi connectivity index (χ1) is 9.63. The minimum absolute atomic E-state index is 0.165. The Balaban J connectivity index is 2.04. The molecular formula is C16H10ClNO2. The Bertz CT molecular complexity index is 849. The van der Waals surface area contributed by atoms with Gasteiger partial charge in [0.05, 0.1) is 16.2 Å². The summed E-state index contributed by atoms with van der Waals surface area (Å²) in [5.74, 6) is 0.379. The molecule has 2 aromatic rings. The summed E-state index contributed by atoms with van der Waals surface area (Å²) in [4.78, 5) is 16.2. The van der Waals surface area contributed by atoms with Crippen molar-refractivity contribution in [3.05, 3.63) is 46.1 Å². The molecular weight excluding hydrogens is 274 g/mol. The number of hydrogen-bond acceptors (Lipinski definition) is 3. The van der Waals surface area contributed by atoms with Gasteiger partial charge >= 0.3 is 0 Å². The molecule has 4 heteroatoms. The highest BCUT2D eigenvalue weighted by Crippen LogP contribution is 2.44. The fourth-order valence-corrected chi connectivity index (χ4v) is 3.14. The van der Waals surface area contributed by atoms with Crippen LogP contribution in [-0.4, -0.2) is 15.9 Å². The zero-order chi connectivity index (χ0) is 13.9. The Hall–Kier alpha value is -2.13. The molecule has 0 saturated carbocycles. The van der Waals surface area contributed by atoms with Crippen LogP contribution in [0.1, 0.15) is 24.1 Å². The second-order valence-electron chi connectivity index (χ2n) is 5.10. The third kappa shape index (κ3) is 1.53. The summed E-state index contributed by atoms with van der Waals surface area (Å²) in [6.45, 7) is 0. The van der Waals surface area contributed by atoms with Crippen molar-refractivity contribution in [1.82, 2.24) is 4.98 Å². The molecule has 0 spiro atoms. The third-order valence-corrected chi connectivity index (χ3v) is 4.19. The maximum Gasteiger partial charge on any atom is 0.141 e. The topological polar surface area (TPSA) is 50.2 Å². The number of hydrogen-bond donors (Lipinski definition) is 1. The van der Waals surface area contributed by atoms with E-state index in [1.807, 2.05) is 12.2 Å². The zero-order valence-electron chi connectivity index (χ0n) is 10.5. The maximum atomic E-state index is 11.5. The molecule has 0 bridgehead atoms. The van der Waals surface area contributed by atoms with E-state index in [0.717, 1.165) is 33.3 Å². The van der Waals surface area contributed by atoms with Crippen molar-refractivity contribution < 1.29 is 9.90 Å². The number of ketones is 1. The Labute approximate surface area is 120 Å². The second-order valence-corrected chi connectivity index (χ2v) is 5.47. The number of nitrogens with zero attached hydrogens (tertiary/aromatic N) is 1. The van der Waals surface area contributed by atoms with Crippen LogP contribution in [0.25, 0.3) is 22.6 Å². The summed E-state index contributed by atoms with van der Waals surface area (Å²) in [5, 5.41) is 10.9. The summed E-state index contributed by atoms with van der Waals surface area (Å²) in [5.41, 5.74) is 4.46. The smallest absolute Gasteiger partial charge is 0.141 e. The van der Waals surface area contributed by atoms with Crippen molar-refractivity contribution in [2.45, 2.75) is 12.8 Å². The molecule has 1 heterocycles. The Morgan fingerprint density at radius 3 is 3.00 bits per heavy atom. The Kier molecular flexibility index (Phi) is 2.30. The van der Waals surface area contributed by atoms with Crippen molar-refractivity contribution in [3.8, 4) is 5.75 Å². The number of pyridine rings is 1. The lowest BCUT2D eigenvalue weighted by Crippen LogP contribution is -2.04. The van der Waals surface area contributed by atoms with E-state index in [0.29, 0.717) is 17.9 Å². The fraction of sp³-hybridized carbons (Fsp3) is 0.125. The zero-order valence-corrected chi connectivity index (χ0v) is 11.2. The molecule has 0 amide bonds. The summed E-state index contributed by atoms with van der Waals surface area (Å²) in [6, 6.07) is 4.97. The van der Waals surface area contributed by atoms with Gasteiger partial charge in [0.2, 0.25) is 0 Å². The minimum Gasteiger partial charge on any atom is -0.508 e. The molecule has 0 fully saturated rings. The molecule has 20 heavy (non-hydrogen) atoms. The molecule has 0 atom stereocenters. The van der Waals surface area contributed by atoms with E-state index in [-0.39, 0.29) is 11.5 Å².